The summed E-state index contributed by atoms with van der Waals surface area (Å²) in [5.74, 6) is -1.03. The van der Waals surface area contributed by atoms with Gasteiger partial charge in [-0.05, 0) is 5.56 Å². The first kappa shape index (κ1) is 13.7. The van der Waals surface area contributed by atoms with Gasteiger partial charge in [0.05, 0.1) is 16.4 Å². The van der Waals surface area contributed by atoms with Crippen LogP contribution in [0.1, 0.15) is 5.56 Å². The topological polar surface area (TPSA) is 80.4 Å². The first-order valence-corrected chi connectivity index (χ1v) is 4.03. The van der Waals surface area contributed by atoms with E-state index in [0.717, 1.165) is 6.07 Å². The lowest BCUT2D eigenvalue weighted by molar-refractivity contribution is -0.384. The molecule has 0 atom stereocenters. The molecule has 82 valence electrons. The molecular formula is C8H7Cl2NO4. The molecule has 0 unspecified atom stereocenters. The van der Waals surface area contributed by atoms with Gasteiger partial charge in [0.25, 0.3) is 5.69 Å². The zero-order chi connectivity index (χ0) is 10.7. The number of nitro benzene ring substituents is 1. The molecule has 0 radical (unpaired) electrons. The van der Waals surface area contributed by atoms with Crippen LogP contribution < -0.4 is 0 Å². The lowest BCUT2D eigenvalue weighted by atomic mass is 10.1. The molecule has 0 aromatic heterocycles. The molecule has 0 amide bonds. The van der Waals surface area contributed by atoms with Crippen molar-refractivity contribution in [2.45, 2.75) is 6.42 Å². The Morgan fingerprint density at radius 2 is 2.13 bits per heavy atom. The number of hydrogen-bond donors (Lipinski definition) is 1. The summed E-state index contributed by atoms with van der Waals surface area (Å²) >= 11 is 5.65. The largest absolute Gasteiger partial charge is 0.481 e. The molecule has 1 aromatic rings. The molecule has 0 bridgehead atoms. The third-order valence-electron chi connectivity index (χ3n) is 1.59. The van der Waals surface area contributed by atoms with Crippen LogP contribution in [-0.2, 0) is 11.2 Å². The van der Waals surface area contributed by atoms with E-state index in [9.17, 15) is 14.9 Å². The second-order valence-corrected chi connectivity index (χ2v) is 3.01. The van der Waals surface area contributed by atoms with Gasteiger partial charge in [0.2, 0.25) is 0 Å². The minimum Gasteiger partial charge on any atom is -0.481 e. The molecule has 0 aliphatic carbocycles. The van der Waals surface area contributed by atoms with Crippen molar-refractivity contribution in [2.24, 2.45) is 0 Å². The zero-order valence-electron chi connectivity index (χ0n) is 7.34. The third-order valence-corrected chi connectivity index (χ3v) is 1.94. The van der Waals surface area contributed by atoms with Crippen LogP contribution in [0.25, 0.3) is 0 Å². The van der Waals surface area contributed by atoms with Crippen molar-refractivity contribution in [3.63, 3.8) is 0 Å². The van der Waals surface area contributed by atoms with Crippen molar-refractivity contribution in [3.8, 4) is 0 Å². The number of hydrogen-bond acceptors (Lipinski definition) is 3. The van der Waals surface area contributed by atoms with Crippen LogP contribution in [0.3, 0.4) is 0 Å². The molecule has 0 spiro atoms. The molecule has 0 aliphatic heterocycles. The summed E-state index contributed by atoms with van der Waals surface area (Å²) in [6.07, 6.45) is -0.239. The van der Waals surface area contributed by atoms with Crippen molar-refractivity contribution >= 4 is 35.7 Å². The Morgan fingerprint density at radius 1 is 1.53 bits per heavy atom. The van der Waals surface area contributed by atoms with E-state index in [0.29, 0.717) is 5.56 Å². The molecule has 0 fully saturated rings. The zero-order valence-corrected chi connectivity index (χ0v) is 8.92. The van der Waals surface area contributed by atoms with Gasteiger partial charge in [0.1, 0.15) is 0 Å². The Bertz CT molecular complexity index is 394. The maximum Gasteiger partial charge on any atom is 0.307 e. The van der Waals surface area contributed by atoms with Gasteiger partial charge in [0, 0.05) is 12.1 Å². The smallest absolute Gasteiger partial charge is 0.307 e. The highest BCUT2D eigenvalue weighted by atomic mass is 35.5. The van der Waals surface area contributed by atoms with Gasteiger partial charge in [-0.15, -0.1) is 12.4 Å². The number of benzene rings is 1. The number of halogens is 2. The van der Waals surface area contributed by atoms with Gasteiger partial charge in [-0.3, -0.25) is 14.9 Å². The average Bonchev–Trinajstić information content (AvgIpc) is 2.07. The van der Waals surface area contributed by atoms with Crippen molar-refractivity contribution in [2.75, 3.05) is 0 Å². The number of carbonyl (C=O) groups is 1. The molecule has 0 heterocycles. The van der Waals surface area contributed by atoms with Crippen LogP contribution in [0.4, 0.5) is 5.69 Å². The van der Waals surface area contributed by atoms with Crippen molar-refractivity contribution in [1.82, 2.24) is 0 Å². The van der Waals surface area contributed by atoms with Gasteiger partial charge in [-0.2, -0.15) is 0 Å². The molecule has 15 heavy (non-hydrogen) atoms. The van der Waals surface area contributed by atoms with Crippen LogP contribution >= 0.6 is 24.0 Å². The fraction of sp³-hybridized carbons (Fsp3) is 0.125. The Balaban J connectivity index is 0.00000196. The quantitative estimate of drug-likeness (QED) is 0.661. The van der Waals surface area contributed by atoms with Gasteiger partial charge < -0.3 is 5.11 Å². The fourth-order valence-corrected chi connectivity index (χ4v) is 1.20. The Hall–Kier alpha value is -1.33. The summed E-state index contributed by atoms with van der Waals surface area (Å²) in [4.78, 5) is 20.1. The highest BCUT2D eigenvalue weighted by Gasteiger charge is 2.11. The number of carboxylic acids is 1. The Labute approximate surface area is 96.2 Å². The van der Waals surface area contributed by atoms with Crippen LogP contribution in [0, 0.1) is 10.1 Å². The average molecular weight is 252 g/mol. The SMILES string of the molecule is Cl.O=C(O)Cc1ccc([N+](=O)[O-])cc1Cl. The highest BCUT2D eigenvalue weighted by molar-refractivity contribution is 6.31. The number of nitro groups is 1. The number of nitrogens with zero attached hydrogens (tertiary/aromatic N) is 1. The predicted molar refractivity (Wildman–Crippen MR) is 56.7 cm³/mol. The summed E-state index contributed by atoms with van der Waals surface area (Å²) in [5, 5.41) is 18.9. The second kappa shape index (κ2) is 5.53. The van der Waals surface area contributed by atoms with Crippen molar-refractivity contribution in [3.05, 3.63) is 38.9 Å². The monoisotopic (exact) mass is 251 g/mol. The van der Waals surface area contributed by atoms with E-state index in [1.165, 1.54) is 12.1 Å². The third kappa shape index (κ3) is 3.73. The molecule has 0 aliphatic rings. The molecule has 5 nitrogen and oxygen atoms in total. The van der Waals surface area contributed by atoms with E-state index in [-0.39, 0.29) is 29.5 Å². The first-order valence-electron chi connectivity index (χ1n) is 3.65. The van der Waals surface area contributed by atoms with E-state index in [1.54, 1.807) is 0 Å². The van der Waals surface area contributed by atoms with Gasteiger partial charge in [0.15, 0.2) is 0 Å². The van der Waals surface area contributed by atoms with E-state index in [2.05, 4.69) is 0 Å². The minimum absolute atomic E-state index is 0. The van der Waals surface area contributed by atoms with Crippen LogP contribution in [-0.4, -0.2) is 16.0 Å². The first-order chi connectivity index (χ1) is 6.50. The van der Waals surface area contributed by atoms with Crippen LogP contribution in [0.15, 0.2) is 18.2 Å². The fourth-order valence-electron chi connectivity index (χ4n) is 0.956. The number of carboxylic acid groups (broad SMARTS) is 1. The van der Waals surface area contributed by atoms with Crippen molar-refractivity contribution in [1.29, 1.82) is 0 Å². The number of aliphatic carboxylic acids is 1. The van der Waals surface area contributed by atoms with Gasteiger partial charge in [-0.1, -0.05) is 17.7 Å². The molecule has 0 saturated heterocycles. The Kier molecular flexibility index (Phi) is 5.04. The summed E-state index contributed by atoms with van der Waals surface area (Å²) in [7, 11) is 0. The van der Waals surface area contributed by atoms with Crippen LogP contribution in [0.5, 0.6) is 0 Å². The molecular weight excluding hydrogens is 245 g/mol. The van der Waals surface area contributed by atoms with Gasteiger partial charge >= 0.3 is 5.97 Å². The predicted octanol–water partition coefficient (Wildman–Crippen LogP) is 2.30. The summed E-state index contributed by atoms with van der Waals surface area (Å²) in [6.45, 7) is 0. The maximum atomic E-state index is 10.3. The van der Waals surface area contributed by atoms with Crippen molar-refractivity contribution < 1.29 is 14.8 Å². The molecule has 1 rings (SSSR count). The lowest BCUT2D eigenvalue weighted by Crippen LogP contribution is -2.01. The Morgan fingerprint density at radius 3 is 2.53 bits per heavy atom. The number of non-ortho nitro benzene ring substituents is 1. The number of rotatable bonds is 3. The summed E-state index contributed by atoms with van der Waals surface area (Å²) < 4.78 is 0. The maximum absolute atomic E-state index is 10.3. The van der Waals surface area contributed by atoms with E-state index >= 15 is 0 Å². The summed E-state index contributed by atoms with van der Waals surface area (Å²) in [5.41, 5.74) is 0.217. The van der Waals surface area contributed by atoms with E-state index < -0.39 is 10.9 Å². The van der Waals surface area contributed by atoms with E-state index in [1.807, 2.05) is 0 Å². The highest BCUT2D eigenvalue weighted by Crippen LogP contribution is 2.22. The molecule has 7 heteroatoms. The molecule has 1 aromatic carbocycles. The van der Waals surface area contributed by atoms with Gasteiger partial charge in [-0.25, -0.2) is 0 Å². The summed E-state index contributed by atoms with van der Waals surface area (Å²) in [6, 6.07) is 3.71. The molecule has 0 saturated carbocycles. The molecule has 1 N–H and O–H groups in total. The standard InChI is InChI=1S/C8H6ClNO4.ClH/c9-7-4-6(10(13)14)2-1-5(7)3-8(11)12;/h1-2,4H,3H2,(H,11,12);1H. The second-order valence-electron chi connectivity index (χ2n) is 2.60. The minimum atomic E-state index is -1.03. The van der Waals surface area contributed by atoms with E-state index in [4.69, 9.17) is 16.7 Å². The lowest BCUT2D eigenvalue weighted by Gasteiger charge is -1.99. The normalized spacial score (nSPS) is 9.13. The van der Waals surface area contributed by atoms with Crippen LogP contribution in [0.2, 0.25) is 5.02 Å².